The molecule has 0 fully saturated rings. The van der Waals surface area contributed by atoms with Gasteiger partial charge in [0.25, 0.3) is 0 Å². The van der Waals surface area contributed by atoms with Gasteiger partial charge in [0.15, 0.2) is 11.0 Å². The fourth-order valence-corrected chi connectivity index (χ4v) is 2.13. The molecule has 3 rings (SSSR count). The summed E-state index contributed by atoms with van der Waals surface area (Å²) in [6.45, 7) is 1.72. The van der Waals surface area contributed by atoms with Crippen LogP contribution in [-0.4, -0.2) is 11.1 Å². The van der Waals surface area contributed by atoms with Crippen LogP contribution in [0.3, 0.4) is 0 Å². The first-order valence-electron chi connectivity index (χ1n) is 5.72. The lowest BCUT2D eigenvalue weighted by Crippen LogP contribution is -2.08. The summed E-state index contributed by atoms with van der Waals surface area (Å²) in [4.78, 5) is 34.4. The van der Waals surface area contributed by atoms with Gasteiger partial charge in [-0.15, -0.1) is 0 Å². The molecule has 0 saturated heterocycles. The standard InChI is InChI=1S/C14H8O6/c1-6-4-11(16)20-13-7(6)2-3-9-12(13)8(15)5-10(19-9)14(17)18/h2-5H,1H3,(H,17,18). The van der Waals surface area contributed by atoms with E-state index in [2.05, 4.69) is 0 Å². The molecule has 100 valence electrons. The number of benzene rings is 1. The third kappa shape index (κ3) is 1.70. The Balaban J connectivity index is 2.58. The van der Waals surface area contributed by atoms with E-state index in [1.807, 2.05) is 0 Å². The van der Waals surface area contributed by atoms with Crippen molar-refractivity contribution in [2.24, 2.45) is 0 Å². The van der Waals surface area contributed by atoms with Crippen molar-refractivity contribution in [3.63, 3.8) is 0 Å². The zero-order valence-corrected chi connectivity index (χ0v) is 10.3. The highest BCUT2D eigenvalue weighted by Gasteiger charge is 2.15. The molecule has 1 aromatic carbocycles. The summed E-state index contributed by atoms with van der Waals surface area (Å²) in [5, 5.41) is 9.53. The predicted molar refractivity (Wildman–Crippen MR) is 70.2 cm³/mol. The molecule has 0 aliphatic rings. The van der Waals surface area contributed by atoms with Gasteiger partial charge in [-0.05, 0) is 24.6 Å². The summed E-state index contributed by atoms with van der Waals surface area (Å²) in [5.41, 5.74) is -0.304. The highest BCUT2D eigenvalue weighted by molar-refractivity contribution is 6.03. The van der Waals surface area contributed by atoms with E-state index < -0.39 is 22.8 Å². The van der Waals surface area contributed by atoms with E-state index in [0.29, 0.717) is 10.9 Å². The monoisotopic (exact) mass is 272 g/mol. The number of rotatable bonds is 1. The topological polar surface area (TPSA) is 97.7 Å². The molecule has 2 aromatic heterocycles. The van der Waals surface area contributed by atoms with E-state index in [-0.39, 0.29) is 16.6 Å². The second kappa shape index (κ2) is 4.06. The smallest absolute Gasteiger partial charge is 0.371 e. The molecule has 0 spiro atoms. The number of hydrogen-bond donors (Lipinski definition) is 1. The second-order valence-corrected chi connectivity index (χ2v) is 4.34. The molecule has 1 N–H and O–H groups in total. The number of aryl methyl sites for hydroxylation is 1. The van der Waals surface area contributed by atoms with Crippen LogP contribution in [0.5, 0.6) is 0 Å². The lowest BCUT2D eigenvalue weighted by atomic mass is 10.1. The fraction of sp³-hybridized carbons (Fsp3) is 0.0714. The largest absolute Gasteiger partial charge is 0.475 e. The van der Waals surface area contributed by atoms with Gasteiger partial charge in [-0.3, -0.25) is 4.79 Å². The number of hydrogen-bond acceptors (Lipinski definition) is 5. The Morgan fingerprint density at radius 1 is 1.15 bits per heavy atom. The SMILES string of the molecule is Cc1cc(=O)oc2c1ccc1oc(C(=O)O)cc(=O)c12. The Morgan fingerprint density at radius 3 is 2.60 bits per heavy atom. The Labute approximate surface area is 110 Å². The Kier molecular flexibility index (Phi) is 2.47. The van der Waals surface area contributed by atoms with Gasteiger partial charge in [0.1, 0.15) is 11.0 Å². The third-order valence-corrected chi connectivity index (χ3v) is 3.02. The first-order valence-corrected chi connectivity index (χ1v) is 5.72. The molecule has 20 heavy (non-hydrogen) atoms. The first-order chi connectivity index (χ1) is 9.47. The second-order valence-electron chi connectivity index (χ2n) is 4.34. The van der Waals surface area contributed by atoms with E-state index in [1.165, 1.54) is 12.1 Å². The van der Waals surface area contributed by atoms with E-state index in [1.54, 1.807) is 13.0 Å². The first kappa shape index (κ1) is 12.2. The van der Waals surface area contributed by atoms with E-state index >= 15 is 0 Å². The highest BCUT2D eigenvalue weighted by atomic mass is 16.4. The molecule has 0 unspecified atom stereocenters. The molecule has 0 saturated carbocycles. The molecular weight excluding hydrogens is 264 g/mol. The van der Waals surface area contributed by atoms with Crippen LogP contribution in [0.25, 0.3) is 21.9 Å². The molecule has 0 amide bonds. The number of carboxylic acids is 1. The zero-order valence-electron chi connectivity index (χ0n) is 10.3. The van der Waals surface area contributed by atoms with Crippen molar-refractivity contribution < 1.29 is 18.7 Å². The Bertz CT molecular complexity index is 977. The van der Waals surface area contributed by atoms with E-state index in [4.69, 9.17) is 13.9 Å². The van der Waals surface area contributed by atoms with E-state index in [0.717, 1.165) is 6.07 Å². The van der Waals surface area contributed by atoms with Gasteiger partial charge >= 0.3 is 11.6 Å². The molecule has 0 aliphatic carbocycles. The summed E-state index contributed by atoms with van der Waals surface area (Å²) in [6.07, 6.45) is 0. The van der Waals surface area contributed by atoms with Crippen LogP contribution in [0, 0.1) is 6.92 Å². The maximum atomic E-state index is 12.1. The predicted octanol–water partition coefficient (Wildman–Crippen LogP) is 1.91. The van der Waals surface area contributed by atoms with Gasteiger partial charge in [-0.1, -0.05) is 0 Å². The van der Waals surface area contributed by atoms with Crippen LogP contribution in [0.4, 0.5) is 0 Å². The molecule has 6 nitrogen and oxygen atoms in total. The number of carboxylic acid groups (broad SMARTS) is 1. The minimum Gasteiger partial charge on any atom is -0.475 e. The zero-order chi connectivity index (χ0) is 14.4. The van der Waals surface area contributed by atoms with Crippen molar-refractivity contribution in [2.45, 2.75) is 6.92 Å². The summed E-state index contributed by atoms with van der Waals surface area (Å²) >= 11 is 0. The van der Waals surface area contributed by atoms with Crippen LogP contribution in [0.15, 0.2) is 42.7 Å². The van der Waals surface area contributed by atoms with Gasteiger partial charge in [-0.2, -0.15) is 0 Å². The minimum atomic E-state index is -1.34. The number of carbonyl (C=O) groups is 1. The Morgan fingerprint density at radius 2 is 1.90 bits per heavy atom. The van der Waals surface area contributed by atoms with Crippen LogP contribution in [0.2, 0.25) is 0 Å². The van der Waals surface area contributed by atoms with Gasteiger partial charge in [-0.25, -0.2) is 9.59 Å². The van der Waals surface area contributed by atoms with Gasteiger partial charge < -0.3 is 13.9 Å². The number of fused-ring (bicyclic) bond motifs is 3. The molecule has 0 atom stereocenters. The quantitative estimate of drug-likeness (QED) is 0.536. The average molecular weight is 272 g/mol. The summed E-state index contributed by atoms with van der Waals surface area (Å²) in [7, 11) is 0. The highest BCUT2D eigenvalue weighted by Crippen LogP contribution is 2.24. The average Bonchev–Trinajstić information content (AvgIpc) is 2.37. The molecular formula is C14H8O6. The molecule has 6 heteroatoms. The van der Waals surface area contributed by atoms with Crippen LogP contribution >= 0.6 is 0 Å². The van der Waals surface area contributed by atoms with Crippen molar-refractivity contribution in [3.05, 3.63) is 56.2 Å². The van der Waals surface area contributed by atoms with Crippen molar-refractivity contribution in [2.75, 3.05) is 0 Å². The third-order valence-electron chi connectivity index (χ3n) is 3.02. The lowest BCUT2D eigenvalue weighted by molar-refractivity contribution is 0.0663. The summed E-state index contributed by atoms with van der Waals surface area (Å²) in [6, 6.07) is 5.29. The molecule has 3 aromatic rings. The summed E-state index contributed by atoms with van der Waals surface area (Å²) < 4.78 is 10.2. The van der Waals surface area contributed by atoms with Crippen LogP contribution < -0.4 is 11.1 Å². The summed E-state index contributed by atoms with van der Waals surface area (Å²) in [5.74, 6) is -1.80. The minimum absolute atomic E-state index is 0.0632. The fourth-order valence-electron chi connectivity index (χ4n) is 2.13. The van der Waals surface area contributed by atoms with Crippen molar-refractivity contribution in [3.8, 4) is 0 Å². The van der Waals surface area contributed by atoms with Crippen molar-refractivity contribution in [1.29, 1.82) is 0 Å². The van der Waals surface area contributed by atoms with E-state index in [9.17, 15) is 14.4 Å². The maximum absolute atomic E-state index is 12.1. The van der Waals surface area contributed by atoms with Gasteiger partial charge in [0.2, 0.25) is 5.76 Å². The van der Waals surface area contributed by atoms with Crippen molar-refractivity contribution in [1.82, 2.24) is 0 Å². The lowest BCUT2D eigenvalue weighted by Gasteiger charge is -2.04. The van der Waals surface area contributed by atoms with Crippen LogP contribution in [-0.2, 0) is 0 Å². The van der Waals surface area contributed by atoms with Crippen molar-refractivity contribution >= 4 is 27.9 Å². The molecule has 2 heterocycles. The number of aromatic carboxylic acids is 1. The molecule has 0 bridgehead atoms. The Hall–Kier alpha value is -2.89. The normalized spacial score (nSPS) is 11.1. The molecule has 0 radical (unpaired) electrons. The maximum Gasteiger partial charge on any atom is 0.371 e. The van der Waals surface area contributed by atoms with Gasteiger partial charge in [0.05, 0.1) is 0 Å². The molecule has 0 aliphatic heterocycles. The van der Waals surface area contributed by atoms with Crippen LogP contribution in [0.1, 0.15) is 16.1 Å². The van der Waals surface area contributed by atoms with Gasteiger partial charge in [0, 0.05) is 17.5 Å².